The van der Waals surface area contributed by atoms with Crippen LogP contribution in [0.5, 0.6) is 5.75 Å². The maximum atomic E-state index is 9.53. The van der Waals surface area contributed by atoms with Gasteiger partial charge in [-0.05, 0) is 24.6 Å². The van der Waals surface area contributed by atoms with Crippen LogP contribution in [-0.4, -0.2) is 28.3 Å². The summed E-state index contributed by atoms with van der Waals surface area (Å²) in [5.74, 6) is 0.949. The first kappa shape index (κ1) is 27.2. The molecule has 1 heterocycles. The van der Waals surface area contributed by atoms with Crippen molar-refractivity contribution in [3.63, 3.8) is 0 Å². The second-order valence-electron chi connectivity index (χ2n) is 5.02. The summed E-state index contributed by atoms with van der Waals surface area (Å²) in [5, 5.41) is 10.7. The quantitative estimate of drug-likeness (QED) is 0.366. The molecule has 0 bridgehead atoms. The number of hydrogen-bond donors (Lipinski definition) is 1. The zero-order valence-electron chi connectivity index (χ0n) is 14.9. The molecule has 7 heteroatoms. The van der Waals surface area contributed by atoms with Crippen LogP contribution >= 0.6 is 43.5 Å². The van der Waals surface area contributed by atoms with Gasteiger partial charge in [0.05, 0.1) is 5.02 Å². The molecular weight excluding hydrogens is 481 g/mol. The number of aliphatic imine (C=N–C) groups is 1. The molecule has 0 aliphatic carbocycles. The third kappa shape index (κ3) is 11.6. The molecule has 0 unspecified atom stereocenters. The van der Waals surface area contributed by atoms with Gasteiger partial charge in [-0.25, -0.2) is 9.97 Å². The molecule has 0 aliphatic rings. The minimum Gasteiger partial charge on any atom is -0.506 e. The van der Waals surface area contributed by atoms with Crippen molar-refractivity contribution < 1.29 is 5.11 Å². The molecule has 26 heavy (non-hydrogen) atoms. The number of aromatic hydroxyl groups is 1. The Labute approximate surface area is 179 Å². The van der Waals surface area contributed by atoms with Crippen LogP contribution in [0, 0.1) is 6.92 Å². The highest BCUT2D eigenvalue weighted by atomic mass is 79.9. The Hall–Kier alpha value is -0.980. The summed E-state index contributed by atoms with van der Waals surface area (Å²) in [6, 6.07) is 3.48. The molecular formula is C19H28Br2ClN3O. The summed E-state index contributed by atoms with van der Waals surface area (Å²) in [6.07, 6.45) is 7.19. The van der Waals surface area contributed by atoms with Gasteiger partial charge in [0, 0.05) is 47.4 Å². The van der Waals surface area contributed by atoms with E-state index >= 15 is 0 Å². The van der Waals surface area contributed by atoms with E-state index in [-0.39, 0.29) is 13.2 Å². The Bertz CT molecular complexity index is 650. The number of aromatic nitrogens is 2. The van der Waals surface area contributed by atoms with Gasteiger partial charge in [0.2, 0.25) is 0 Å². The van der Waals surface area contributed by atoms with Crippen molar-refractivity contribution in [2.75, 3.05) is 7.05 Å². The van der Waals surface area contributed by atoms with E-state index in [0.717, 1.165) is 26.8 Å². The van der Waals surface area contributed by atoms with Crippen molar-refractivity contribution in [3.05, 3.63) is 51.0 Å². The molecule has 0 amide bonds. The summed E-state index contributed by atoms with van der Waals surface area (Å²) in [4.78, 5) is 11.9. The van der Waals surface area contributed by atoms with Crippen LogP contribution in [0.15, 0.2) is 34.0 Å². The average Bonchev–Trinajstić information content (AvgIpc) is 2.59. The summed E-state index contributed by atoms with van der Waals surface area (Å²) < 4.78 is 0.856. The standard InChI is InChI=1S/C9H9BrClNO.C6H7BrN2.C3H8.CH4/c1-12-3-2-6-4-7(10)5-8(11)9(6)13;1-5-8-3-6(2-7)4-9-5;1-3-2;/h3-5,13H,2H2,1H3;3-4H,2H2,1H3;3H2,1-2H3;1H4. The van der Waals surface area contributed by atoms with Gasteiger partial charge in [-0.1, -0.05) is 71.2 Å². The highest BCUT2D eigenvalue weighted by Crippen LogP contribution is 2.31. The van der Waals surface area contributed by atoms with Gasteiger partial charge >= 0.3 is 0 Å². The first-order valence-electron chi connectivity index (χ1n) is 7.80. The molecule has 2 aromatic rings. The molecule has 1 aromatic carbocycles. The maximum absolute atomic E-state index is 9.53. The van der Waals surface area contributed by atoms with Crippen molar-refractivity contribution in [1.29, 1.82) is 0 Å². The van der Waals surface area contributed by atoms with Crippen LogP contribution in [0.25, 0.3) is 0 Å². The lowest BCUT2D eigenvalue weighted by Crippen LogP contribution is -1.88. The zero-order valence-corrected chi connectivity index (χ0v) is 18.9. The van der Waals surface area contributed by atoms with E-state index in [1.54, 1.807) is 19.3 Å². The Morgan fingerprint density at radius 1 is 1.23 bits per heavy atom. The van der Waals surface area contributed by atoms with Gasteiger partial charge in [0.1, 0.15) is 11.6 Å². The number of phenols is 1. The third-order valence-corrected chi connectivity index (χ3v) is 3.98. The Morgan fingerprint density at radius 2 is 1.77 bits per heavy atom. The fourth-order valence-electron chi connectivity index (χ4n) is 1.45. The van der Waals surface area contributed by atoms with Crippen molar-refractivity contribution in [2.45, 2.75) is 46.4 Å². The summed E-state index contributed by atoms with van der Waals surface area (Å²) in [5.41, 5.74) is 1.88. The lowest BCUT2D eigenvalue weighted by atomic mass is 10.1. The van der Waals surface area contributed by atoms with Crippen LogP contribution < -0.4 is 0 Å². The Kier molecular flexibility index (Phi) is 17.0. The van der Waals surface area contributed by atoms with Crippen molar-refractivity contribution in [3.8, 4) is 5.75 Å². The minimum atomic E-state index is 0. The lowest BCUT2D eigenvalue weighted by Gasteiger charge is -2.04. The molecule has 0 saturated heterocycles. The van der Waals surface area contributed by atoms with Crippen LogP contribution in [0.4, 0.5) is 0 Å². The molecule has 0 saturated carbocycles. The predicted molar refractivity (Wildman–Crippen MR) is 121 cm³/mol. The molecule has 0 atom stereocenters. The van der Waals surface area contributed by atoms with Crippen LogP contribution in [0.3, 0.4) is 0 Å². The number of benzene rings is 1. The summed E-state index contributed by atoms with van der Waals surface area (Å²) in [7, 11) is 1.69. The monoisotopic (exact) mass is 507 g/mol. The van der Waals surface area contributed by atoms with E-state index in [1.807, 2.05) is 25.4 Å². The molecule has 0 radical (unpaired) electrons. The number of hydrogen-bond acceptors (Lipinski definition) is 4. The van der Waals surface area contributed by atoms with Gasteiger partial charge in [-0.15, -0.1) is 0 Å². The van der Waals surface area contributed by atoms with E-state index in [9.17, 15) is 5.11 Å². The van der Waals surface area contributed by atoms with E-state index < -0.39 is 0 Å². The van der Waals surface area contributed by atoms with E-state index in [1.165, 1.54) is 6.42 Å². The van der Waals surface area contributed by atoms with Gasteiger partial charge in [-0.2, -0.15) is 0 Å². The number of rotatable bonds is 3. The van der Waals surface area contributed by atoms with Crippen molar-refractivity contribution >= 4 is 49.7 Å². The van der Waals surface area contributed by atoms with Gasteiger partial charge in [0.15, 0.2) is 0 Å². The third-order valence-electron chi connectivity index (χ3n) is 2.59. The molecule has 2 rings (SSSR count). The zero-order chi connectivity index (χ0) is 19.2. The second kappa shape index (κ2) is 16.2. The molecule has 146 valence electrons. The number of alkyl halides is 1. The highest BCUT2D eigenvalue weighted by molar-refractivity contribution is 9.10. The van der Waals surface area contributed by atoms with Crippen LogP contribution in [0.1, 0.15) is 44.6 Å². The topological polar surface area (TPSA) is 58.4 Å². The second-order valence-corrected chi connectivity index (χ2v) is 6.90. The summed E-state index contributed by atoms with van der Waals surface area (Å²) in [6.45, 7) is 6.12. The van der Waals surface area contributed by atoms with Crippen molar-refractivity contribution in [2.24, 2.45) is 4.99 Å². The van der Waals surface area contributed by atoms with Gasteiger partial charge in [0.25, 0.3) is 0 Å². The molecule has 0 aliphatic heterocycles. The van der Waals surface area contributed by atoms with Gasteiger partial charge in [-0.3, -0.25) is 0 Å². The predicted octanol–water partition coefficient (Wildman–Crippen LogP) is 6.78. The highest BCUT2D eigenvalue weighted by Gasteiger charge is 2.05. The Balaban J connectivity index is 0. The average molecular weight is 510 g/mol. The molecule has 0 fully saturated rings. The van der Waals surface area contributed by atoms with Gasteiger partial charge < -0.3 is 10.1 Å². The number of nitrogens with zero attached hydrogens (tertiary/aromatic N) is 3. The van der Waals surface area contributed by atoms with Crippen LogP contribution in [0.2, 0.25) is 5.02 Å². The SMILES string of the molecule is C.CCC.CN=CCc1cc(Br)cc(Cl)c1O.Cc1ncc(CBr)cn1. The largest absolute Gasteiger partial charge is 0.506 e. The number of phenolic OH excluding ortho intramolecular Hbond substituents is 1. The minimum absolute atomic E-state index is 0. The first-order valence-corrected chi connectivity index (χ1v) is 10.1. The van der Waals surface area contributed by atoms with E-state index in [0.29, 0.717) is 11.4 Å². The van der Waals surface area contributed by atoms with E-state index in [4.69, 9.17) is 11.6 Å². The number of aryl methyl sites for hydroxylation is 1. The Morgan fingerprint density at radius 3 is 2.23 bits per heavy atom. The molecule has 1 N–H and O–H groups in total. The van der Waals surface area contributed by atoms with Crippen LogP contribution in [-0.2, 0) is 11.8 Å². The molecule has 0 spiro atoms. The normalized spacial score (nSPS) is 9.50. The number of halogens is 3. The maximum Gasteiger partial charge on any atom is 0.137 e. The van der Waals surface area contributed by atoms with E-state index in [2.05, 4.69) is 60.7 Å². The lowest BCUT2D eigenvalue weighted by molar-refractivity contribution is 0.470. The fourth-order valence-corrected chi connectivity index (χ4v) is 2.62. The fraction of sp³-hybridized carbons (Fsp3) is 0.421. The first-order chi connectivity index (χ1) is 11.9. The molecule has 4 nitrogen and oxygen atoms in total. The smallest absolute Gasteiger partial charge is 0.137 e. The summed E-state index contributed by atoms with van der Waals surface area (Å²) >= 11 is 12.4. The van der Waals surface area contributed by atoms with Crippen molar-refractivity contribution in [1.82, 2.24) is 9.97 Å². The molecule has 1 aromatic heterocycles.